The van der Waals surface area contributed by atoms with Gasteiger partial charge >= 0.3 is 5.97 Å². The molecule has 0 atom stereocenters. The summed E-state index contributed by atoms with van der Waals surface area (Å²) in [4.78, 5) is 23.7. The third kappa shape index (κ3) is 5.35. The van der Waals surface area contributed by atoms with Crippen molar-refractivity contribution in [1.82, 2.24) is 5.32 Å². The molecule has 0 radical (unpaired) electrons. The predicted molar refractivity (Wildman–Crippen MR) is 116 cm³/mol. The Morgan fingerprint density at radius 2 is 1.47 bits per heavy atom. The molecule has 3 rings (SSSR count). The monoisotopic (exact) mass is 401 g/mol. The van der Waals surface area contributed by atoms with Crippen LogP contribution in [-0.2, 0) is 20.9 Å². The number of carbonyl (C=O) groups is 2. The Bertz CT molecular complexity index is 996. The molecule has 0 aliphatic heterocycles. The highest BCUT2D eigenvalue weighted by Crippen LogP contribution is 2.28. The van der Waals surface area contributed by atoms with Gasteiger partial charge in [0.1, 0.15) is 18.1 Å². The Hall–Kier alpha value is -3.86. The van der Waals surface area contributed by atoms with E-state index in [-0.39, 0.29) is 12.3 Å². The van der Waals surface area contributed by atoms with Gasteiger partial charge in [-0.2, -0.15) is 0 Å². The molecule has 0 fully saturated rings. The van der Waals surface area contributed by atoms with Crippen molar-refractivity contribution in [1.29, 1.82) is 0 Å². The Labute approximate surface area is 176 Å². The molecule has 0 saturated carbocycles. The molecule has 3 aromatic carbocycles. The van der Waals surface area contributed by atoms with Crippen LogP contribution in [0.1, 0.15) is 23.6 Å². The summed E-state index contributed by atoms with van der Waals surface area (Å²) in [5.74, 6) is 0.115. The average Bonchev–Trinajstić information content (AvgIpc) is 2.80. The lowest BCUT2D eigenvalue weighted by Crippen LogP contribution is -2.23. The first-order chi connectivity index (χ1) is 14.7. The fourth-order valence-corrected chi connectivity index (χ4v) is 3.01. The highest BCUT2D eigenvalue weighted by molar-refractivity contribution is 6.02. The van der Waals surface area contributed by atoms with E-state index < -0.39 is 5.97 Å². The van der Waals surface area contributed by atoms with Gasteiger partial charge in [-0.05, 0) is 35.7 Å². The minimum absolute atomic E-state index is 0.0935. The molecule has 0 saturated heterocycles. The quantitative estimate of drug-likeness (QED) is 0.329. The third-order valence-electron chi connectivity index (χ3n) is 4.39. The Balaban J connectivity index is 1.94. The second-order valence-corrected chi connectivity index (χ2v) is 6.40. The number of nitrogens with one attached hydrogen (secondary N) is 1. The molecule has 3 aromatic rings. The van der Waals surface area contributed by atoms with E-state index in [4.69, 9.17) is 9.47 Å². The van der Waals surface area contributed by atoms with Crippen molar-refractivity contribution >= 4 is 18.0 Å². The lowest BCUT2D eigenvalue weighted by molar-refractivity contribution is -0.139. The number of rotatable bonds is 9. The highest BCUT2D eigenvalue weighted by Gasteiger charge is 2.19. The second-order valence-electron chi connectivity index (χ2n) is 6.40. The number of esters is 1. The van der Waals surface area contributed by atoms with Gasteiger partial charge in [-0.25, -0.2) is 4.79 Å². The van der Waals surface area contributed by atoms with Gasteiger partial charge in [0, 0.05) is 5.57 Å². The predicted octanol–water partition coefficient (Wildman–Crippen LogP) is 4.33. The smallest absolute Gasteiger partial charge is 0.355 e. The van der Waals surface area contributed by atoms with Gasteiger partial charge in [0.25, 0.3) is 0 Å². The first kappa shape index (κ1) is 20.9. The van der Waals surface area contributed by atoms with Crippen LogP contribution in [-0.4, -0.2) is 19.0 Å². The molecule has 0 aliphatic rings. The van der Waals surface area contributed by atoms with Crippen LogP contribution >= 0.6 is 0 Å². The van der Waals surface area contributed by atoms with Gasteiger partial charge in [0.2, 0.25) is 6.41 Å². The van der Waals surface area contributed by atoms with Crippen molar-refractivity contribution in [2.75, 3.05) is 6.61 Å². The summed E-state index contributed by atoms with van der Waals surface area (Å²) in [5.41, 5.74) is 3.29. The Morgan fingerprint density at radius 3 is 2.07 bits per heavy atom. The van der Waals surface area contributed by atoms with E-state index in [1.165, 1.54) is 0 Å². The van der Waals surface area contributed by atoms with Crippen LogP contribution in [0.2, 0.25) is 0 Å². The normalized spacial score (nSPS) is 11.2. The third-order valence-corrected chi connectivity index (χ3v) is 4.39. The van der Waals surface area contributed by atoms with Crippen LogP contribution in [0.15, 0.2) is 90.6 Å². The molecule has 152 valence electrons. The molecule has 0 bridgehead atoms. The number of hydrogen-bond acceptors (Lipinski definition) is 4. The molecule has 1 N–H and O–H groups in total. The van der Waals surface area contributed by atoms with Crippen molar-refractivity contribution < 1.29 is 19.1 Å². The molecule has 0 aromatic heterocycles. The summed E-state index contributed by atoms with van der Waals surface area (Å²) in [6, 6.07) is 26.7. The van der Waals surface area contributed by atoms with Gasteiger partial charge in [0.15, 0.2) is 0 Å². The van der Waals surface area contributed by atoms with Crippen molar-refractivity contribution in [3.8, 4) is 5.75 Å². The number of hydrogen-bond donors (Lipinski definition) is 1. The van der Waals surface area contributed by atoms with Crippen molar-refractivity contribution in [2.45, 2.75) is 13.5 Å². The van der Waals surface area contributed by atoms with Crippen LogP contribution in [0.5, 0.6) is 5.75 Å². The summed E-state index contributed by atoms with van der Waals surface area (Å²) in [7, 11) is 0. The van der Waals surface area contributed by atoms with Gasteiger partial charge < -0.3 is 14.8 Å². The zero-order chi connectivity index (χ0) is 21.2. The van der Waals surface area contributed by atoms with Crippen LogP contribution in [0.25, 0.3) is 5.57 Å². The molecule has 1 amide bonds. The van der Waals surface area contributed by atoms with Gasteiger partial charge in [-0.15, -0.1) is 0 Å². The molecular formula is C25H23NO4. The summed E-state index contributed by atoms with van der Waals surface area (Å²) >= 11 is 0. The van der Waals surface area contributed by atoms with Crippen LogP contribution in [0.3, 0.4) is 0 Å². The summed E-state index contributed by atoms with van der Waals surface area (Å²) in [6.07, 6.45) is 0.479. The van der Waals surface area contributed by atoms with Crippen molar-refractivity contribution in [2.24, 2.45) is 0 Å². The van der Waals surface area contributed by atoms with Gasteiger partial charge in [-0.3, -0.25) is 4.79 Å². The molecule has 5 heteroatoms. The fourth-order valence-electron chi connectivity index (χ4n) is 3.01. The molecule has 0 aliphatic carbocycles. The second kappa shape index (κ2) is 10.6. The number of carbonyl (C=O) groups excluding carboxylic acids is 2. The standard InChI is InChI=1S/C25H23NO4/c1-2-29-25(28)24(26-18-27)23(20-11-7-4-8-12-20)21-13-15-22(16-14-21)30-17-19-9-5-3-6-10-19/h3-16,18H,2,17H2,1H3,(H,26,27)/b24-23+. The maximum Gasteiger partial charge on any atom is 0.355 e. The Kier molecular flexibility index (Phi) is 7.39. The highest BCUT2D eigenvalue weighted by atomic mass is 16.5. The van der Waals surface area contributed by atoms with E-state index in [1.54, 1.807) is 6.92 Å². The minimum atomic E-state index is -0.590. The average molecular weight is 401 g/mol. The van der Waals surface area contributed by atoms with Crippen LogP contribution in [0, 0.1) is 0 Å². The molecule has 5 nitrogen and oxygen atoms in total. The zero-order valence-electron chi connectivity index (χ0n) is 16.7. The number of ether oxygens (including phenoxy) is 2. The maximum atomic E-state index is 12.5. The summed E-state index contributed by atoms with van der Waals surface area (Å²) in [6.45, 7) is 2.39. The van der Waals surface area contributed by atoms with E-state index in [1.807, 2.05) is 84.9 Å². The first-order valence-corrected chi connectivity index (χ1v) is 9.67. The molecule has 0 spiro atoms. The van der Waals surface area contributed by atoms with Crippen LogP contribution in [0.4, 0.5) is 0 Å². The minimum Gasteiger partial charge on any atom is -0.489 e. The summed E-state index contributed by atoms with van der Waals surface area (Å²) in [5, 5.41) is 2.52. The first-order valence-electron chi connectivity index (χ1n) is 9.67. The Morgan fingerprint density at radius 1 is 0.867 bits per heavy atom. The van der Waals surface area contributed by atoms with E-state index in [9.17, 15) is 9.59 Å². The van der Waals surface area contributed by atoms with Gasteiger partial charge in [-0.1, -0.05) is 72.8 Å². The van der Waals surface area contributed by atoms with E-state index in [0.29, 0.717) is 24.3 Å². The molecular weight excluding hydrogens is 378 g/mol. The molecule has 0 heterocycles. The number of benzene rings is 3. The van der Waals surface area contributed by atoms with Crippen LogP contribution < -0.4 is 10.1 Å². The SMILES string of the molecule is CCOC(=O)/C(NC=O)=C(/c1ccccc1)c1ccc(OCc2ccccc2)cc1. The van der Waals surface area contributed by atoms with E-state index in [0.717, 1.165) is 16.7 Å². The zero-order valence-corrected chi connectivity index (χ0v) is 16.7. The van der Waals surface area contributed by atoms with Crippen molar-refractivity contribution in [3.05, 3.63) is 107 Å². The van der Waals surface area contributed by atoms with Gasteiger partial charge in [0.05, 0.1) is 6.61 Å². The summed E-state index contributed by atoms with van der Waals surface area (Å²) < 4.78 is 11.0. The lowest BCUT2D eigenvalue weighted by Gasteiger charge is -2.15. The van der Waals surface area contributed by atoms with E-state index in [2.05, 4.69) is 5.32 Å². The largest absolute Gasteiger partial charge is 0.489 e. The van der Waals surface area contributed by atoms with E-state index >= 15 is 0 Å². The topological polar surface area (TPSA) is 64.6 Å². The molecule has 30 heavy (non-hydrogen) atoms. The maximum absolute atomic E-state index is 12.5. The fraction of sp³-hybridized carbons (Fsp3) is 0.120. The molecule has 0 unspecified atom stereocenters. The lowest BCUT2D eigenvalue weighted by atomic mass is 9.95. The van der Waals surface area contributed by atoms with Crippen molar-refractivity contribution in [3.63, 3.8) is 0 Å². The number of amides is 1.